The number of benzene rings is 2. The molecule has 19 heavy (non-hydrogen) atoms. The van der Waals surface area contributed by atoms with Crippen LogP contribution in [0.5, 0.6) is 0 Å². The van der Waals surface area contributed by atoms with E-state index in [4.69, 9.17) is 0 Å². The van der Waals surface area contributed by atoms with Crippen molar-refractivity contribution < 1.29 is 0 Å². The minimum atomic E-state index is 0.467. The lowest BCUT2D eigenvalue weighted by Gasteiger charge is -2.22. The minimum absolute atomic E-state index is 0.467. The summed E-state index contributed by atoms with van der Waals surface area (Å²) in [6, 6.07) is 20.2. The van der Waals surface area contributed by atoms with Crippen LogP contribution in [-0.2, 0) is 6.42 Å². The molecule has 2 aromatic carbocycles. The summed E-state index contributed by atoms with van der Waals surface area (Å²) < 4.78 is 0. The van der Waals surface area contributed by atoms with Crippen molar-refractivity contribution in [3.63, 3.8) is 0 Å². The smallest absolute Gasteiger partial charge is 0.0390 e. The second-order valence-corrected chi connectivity index (χ2v) is 5.29. The Kier molecular flexibility index (Phi) is 3.65. The van der Waals surface area contributed by atoms with Gasteiger partial charge in [-0.2, -0.15) is 0 Å². The zero-order valence-corrected chi connectivity index (χ0v) is 11.5. The van der Waals surface area contributed by atoms with Crippen LogP contribution in [0.1, 0.15) is 42.0 Å². The molecule has 0 bridgehead atoms. The molecule has 0 spiro atoms. The zero-order chi connectivity index (χ0) is 13.1. The first-order valence-corrected chi connectivity index (χ1v) is 7.26. The molecule has 1 aliphatic heterocycles. The molecular weight excluding hydrogens is 230 g/mol. The molecule has 1 nitrogen and oxygen atoms in total. The van der Waals surface area contributed by atoms with Gasteiger partial charge in [0.1, 0.15) is 0 Å². The highest BCUT2D eigenvalue weighted by Gasteiger charge is 2.30. The summed E-state index contributed by atoms with van der Waals surface area (Å²) in [5.74, 6) is 0.610. The maximum atomic E-state index is 3.67. The molecule has 2 unspecified atom stereocenters. The van der Waals surface area contributed by atoms with Gasteiger partial charge < -0.3 is 5.32 Å². The first-order valence-electron chi connectivity index (χ1n) is 7.26. The molecule has 0 aliphatic carbocycles. The van der Waals surface area contributed by atoms with Crippen LogP contribution >= 0.6 is 0 Å². The summed E-state index contributed by atoms with van der Waals surface area (Å²) in [6.07, 6.45) is 2.35. The lowest BCUT2D eigenvalue weighted by Crippen LogP contribution is -2.17. The Balaban J connectivity index is 1.95. The molecule has 1 heteroatoms. The van der Waals surface area contributed by atoms with Crippen LogP contribution in [-0.4, -0.2) is 6.54 Å². The largest absolute Gasteiger partial charge is 0.309 e. The van der Waals surface area contributed by atoms with E-state index in [9.17, 15) is 0 Å². The van der Waals surface area contributed by atoms with E-state index in [2.05, 4.69) is 66.8 Å². The maximum absolute atomic E-state index is 3.67. The molecule has 1 saturated heterocycles. The third-order valence-electron chi connectivity index (χ3n) is 4.22. The van der Waals surface area contributed by atoms with E-state index in [1.807, 2.05) is 0 Å². The van der Waals surface area contributed by atoms with E-state index in [0.29, 0.717) is 12.0 Å². The minimum Gasteiger partial charge on any atom is -0.309 e. The van der Waals surface area contributed by atoms with Crippen molar-refractivity contribution in [2.45, 2.75) is 31.7 Å². The fraction of sp³-hybridized carbons (Fsp3) is 0.333. The molecule has 98 valence electrons. The van der Waals surface area contributed by atoms with Gasteiger partial charge in [-0.05, 0) is 36.1 Å². The van der Waals surface area contributed by atoms with E-state index >= 15 is 0 Å². The molecule has 0 saturated carbocycles. The monoisotopic (exact) mass is 251 g/mol. The average Bonchev–Trinajstić information content (AvgIpc) is 2.97. The summed E-state index contributed by atoms with van der Waals surface area (Å²) in [4.78, 5) is 0. The number of hydrogen-bond donors (Lipinski definition) is 1. The summed E-state index contributed by atoms with van der Waals surface area (Å²) >= 11 is 0. The van der Waals surface area contributed by atoms with Gasteiger partial charge in [0, 0.05) is 12.0 Å². The number of hydrogen-bond acceptors (Lipinski definition) is 1. The van der Waals surface area contributed by atoms with Crippen molar-refractivity contribution in [3.05, 3.63) is 71.3 Å². The van der Waals surface area contributed by atoms with E-state index in [0.717, 1.165) is 13.0 Å². The molecule has 1 N–H and O–H groups in total. The molecule has 0 radical (unpaired) electrons. The summed E-state index contributed by atoms with van der Waals surface area (Å²) in [5.41, 5.74) is 4.44. The molecule has 1 fully saturated rings. The second kappa shape index (κ2) is 5.58. The first-order chi connectivity index (χ1) is 9.40. The average molecular weight is 251 g/mol. The zero-order valence-electron chi connectivity index (χ0n) is 11.5. The summed E-state index contributed by atoms with van der Waals surface area (Å²) in [5, 5.41) is 3.67. The van der Waals surface area contributed by atoms with Gasteiger partial charge in [0.15, 0.2) is 0 Å². The highest BCUT2D eigenvalue weighted by Crippen LogP contribution is 2.39. The van der Waals surface area contributed by atoms with Gasteiger partial charge in [0.2, 0.25) is 0 Å². The third kappa shape index (κ3) is 2.43. The SMILES string of the molecule is CCc1ccccc1C1CCNC1c1ccccc1. The van der Waals surface area contributed by atoms with Crippen LogP contribution < -0.4 is 5.32 Å². The van der Waals surface area contributed by atoms with Gasteiger partial charge in [0.05, 0.1) is 0 Å². The van der Waals surface area contributed by atoms with Crippen LogP contribution in [0, 0.1) is 0 Å². The molecule has 0 amide bonds. The predicted octanol–water partition coefficient (Wildman–Crippen LogP) is 4.07. The Hall–Kier alpha value is -1.60. The van der Waals surface area contributed by atoms with Crippen molar-refractivity contribution >= 4 is 0 Å². The lowest BCUT2D eigenvalue weighted by molar-refractivity contribution is 0.574. The van der Waals surface area contributed by atoms with E-state index < -0.39 is 0 Å². The van der Waals surface area contributed by atoms with Gasteiger partial charge in [-0.1, -0.05) is 61.5 Å². The molecule has 2 aromatic rings. The van der Waals surface area contributed by atoms with Crippen molar-refractivity contribution in [2.75, 3.05) is 6.54 Å². The van der Waals surface area contributed by atoms with Gasteiger partial charge >= 0.3 is 0 Å². The quantitative estimate of drug-likeness (QED) is 0.867. The predicted molar refractivity (Wildman–Crippen MR) is 80.4 cm³/mol. The Bertz CT molecular complexity index is 532. The fourth-order valence-corrected chi connectivity index (χ4v) is 3.27. The molecular formula is C18H21N. The Morgan fingerprint density at radius 1 is 1.00 bits per heavy atom. The second-order valence-electron chi connectivity index (χ2n) is 5.29. The Morgan fingerprint density at radius 3 is 2.53 bits per heavy atom. The highest BCUT2D eigenvalue weighted by molar-refractivity contribution is 5.35. The molecule has 2 atom stereocenters. The van der Waals surface area contributed by atoms with Crippen LogP contribution in [0.25, 0.3) is 0 Å². The van der Waals surface area contributed by atoms with Crippen molar-refractivity contribution in [1.82, 2.24) is 5.32 Å². The number of nitrogens with one attached hydrogen (secondary N) is 1. The van der Waals surface area contributed by atoms with Crippen molar-refractivity contribution in [1.29, 1.82) is 0 Å². The normalized spacial score (nSPS) is 22.6. The van der Waals surface area contributed by atoms with Crippen LogP contribution in [0.15, 0.2) is 54.6 Å². The van der Waals surface area contributed by atoms with Gasteiger partial charge in [-0.25, -0.2) is 0 Å². The topological polar surface area (TPSA) is 12.0 Å². The van der Waals surface area contributed by atoms with Crippen molar-refractivity contribution in [2.24, 2.45) is 0 Å². The molecule has 1 aliphatic rings. The molecule has 3 rings (SSSR count). The van der Waals surface area contributed by atoms with Gasteiger partial charge in [-0.15, -0.1) is 0 Å². The molecule has 0 aromatic heterocycles. The van der Waals surface area contributed by atoms with E-state index in [1.54, 1.807) is 0 Å². The maximum Gasteiger partial charge on any atom is 0.0390 e. The van der Waals surface area contributed by atoms with E-state index in [1.165, 1.54) is 23.1 Å². The van der Waals surface area contributed by atoms with Gasteiger partial charge in [0.25, 0.3) is 0 Å². The Morgan fingerprint density at radius 2 is 1.74 bits per heavy atom. The first kappa shape index (κ1) is 12.4. The molecule has 1 heterocycles. The van der Waals surface area contributed by atoms with Crippen LogP contribution in [0.2, 0.25) is 0 Å². The summed E-state index contributed by atoms with van der Waals surface area (Å²) in [6.45, 7) is 3.36. The number of rotatable bonds is 3. The fourth-order valence-electron chi connectivity index (χ4n) is 3.27. The lowest BCUT2D eigenvalue weighted by atomic mass is 9.85. The highest BCUT2D eigenvalue weighted by atomic mass is 15.0. The Labute approximate surface area is 115 Å². The summed E-state index contributed by atoms with van der Waals surface area (Å²) in [7, 11) is 0. The van der Waals surface area contributed by atoms with Crippen LogP contribution in [0.3, 0.4) is 0 Å². The van der Waals surface area contributed by atoms with E-state index in [-0.39, 0.29) is 0 Å². The standard InChI is InChI=1S/C18H21N/c1-2-14-8-6-7-11-16(14)17-12-13-19-18(17)15-9-4-3-5-10-15/h3-11,17-19H,2,12-13H2,1H3. The van der Waals surface area contributed by atoms with Crippen molar-refractivity contribution in [3.8, 4) is 0 Å². The van der Waals surface area contributed by atoms with Gasteiger partial charge in [-0.3, -0.25) is 0 Å². The number of aryl methyl sites for hydroxylation is 1. The van der Waals surface area contributed by atoms with Crippen LogP contribution in [0.4, 0.5) is 0 Å². The third-order valence-corrected chi connectivity index (χ3v) is 4.22.